The second kappa shape index (κ2) is 6.35. The van der Waals surface area contributed by atoms with E-state index >= 15 is 0 Å². The van der Waals surface area contributed by atoms with Crippen LogP contribution in [0.2, 0.25) is 0 Å². The monoisotopic (exact) mass is 349 g/mol. The van der Waals surface area contributed by atoms with Gasteiger partial charge in [0.15, 0.2) is 5.78 Å². The van der Waals surface area contributed by atoms with Gasteiger partial charge in [0.1, 0.15) is 5.69 Å². The van der Waals surface area contributed by atoms with Crippen molar-refractivity contribution in [1.29, 1.82) is 0 Å². The fourth-order valence-corrected chi connectivity index (χ4v) is 4.79. The van der Waals surface area contributed by atoms with E-state index in [2.05, 4.69) is 24.0 Å². The van der Waals surface area contributed by atoms with Gasteiger partial charge in [-0.2, -0.15) is 0 Å². The van der Waals surface area contributed by atoms with E-state index in [4.69, 9.17) is 5.11 Å². The summed E-state index contributed by atoms with van der Waals surface area (Å²) in [5.41, 5.74) is 6.19. The van der Waals surface area contributed by atoms with Gasteiger partial charge in [0, 0.05) is 12.6 Å². The predicted molar refractivity (Wildman–Crippen MR) is 98.9 cm³/mol. The van der Waals surface area contributed by atoms with Crippen molar-refractivity contribution < 1.29 is 14.7 Å². The van der Waals surface area contributed by atoms with Crippen molar-refractivity contribution in [2.45, 2.75) is 57.3 Å². The Morgan fingerprint density at radius 3 is 2.31 bits per heavy atom. The number of aromatic carboxylic acids is 1. The summed E-state index contributed by atoms with van der Waals surface area (Å²) in [4.78, 5) is 27.5. The van der Waals surface area contributed by atoms with Crippen LogP contribution in [0.4, 0.5) is 0 Å². The standard InChI is InChI=1S/C22H23NO3/c1-22-8-2-4-15-10-14(11-16(20(15)22)5-3-9-22)12-19(24)18-7-6-17(13-23-18)21(25)26/h6-7,10-11,13H,2-5,8-9,12H2,1H3,(H,25,26). The SMILES string of the molecule is CC12CCCc3cc(CC(=O)c4ccc(C(=O)O)cn4)cc(c31)CCC2. The average molecular weight is 349 g/mol. The summed E-state index contributed by atoms with van der Waals surface area (Å²) in [5.74, 6) is -1.10. The molecule has 1 aromatic carbocycles. The molecule has 0 saturated heterocycles. The van der Waals surface area contributed by atoms with E-state index in [9.17, 15) is 9.59 Å². The number of aryl methyl sites for hydroxylation is 2. The highest BCUT2D eigenvalue weighted by atomic mass is 16.4. The smallest absolute Gasteiger partial charge is 0.337 e. The van der Waals surface area contributed by atoms with Crippen molar-refractivity contribution >= 4 is 11.8 Å². The lowest BCUT2D eigenvalue weighted by atomic mass is 9.63. The van der Waals surface area contributed by atoms with E-state index in [0.717, 1.165) is 18.4 Å². The van der Waals surface area contributed by atoms with Crippen LogP contribution >= 0.6 is 0 Å². The Bertz CT molecular complexity index is 852. The number of pyridine rings is 1. The summed E-state index contributed by atoms with van der Waals surface area (Å²) >= 11 is 0. The molecule has 0 aliphatic heterocycles. The van der Waals surface area contributed by atoms with Crippen LogP contribution in [0.15, 0.2) is 30.5 Å². The summed E-state index contributed by atoms with van der Waals surface area (Å²) in [6, 6.07) is 7.37. The van der Waals surface area contributed by atoms with Crippen LogP contribution in [0.25, 0.3) is 0 Å². The van der Waals surface area contributed by atoms with Crippen molar-refractivity contribution in [3.63, 3.8) is 0 Å². The number of carbonyl (C=O) groups is 2. The lowest BCUT2D eigenvalue weighted by Crippen LogP contribution is -2.32. The van der Waals surface area contributed by atoms with Gasteiger partial charge in [-0.1, -0.05) is 19.1 Å². The molecule has 2 aromatic rings. The number of aromatic nitrogens is 1. The number of Topliss-reactive ketones (excluding diaryl/α,β-unsaturated/α-hetero) is 1. The van der Waals surface area contributed by atoms with E-state index in [1.165, 1.54) is 55.1 Å². The summed E-state index contributed by atoms with van der Waals surface area (Å²) < 4.78 is 0. The average Bonchev–Trinajstić information content (AvgIpc) is 2.61. The zero-order valence-corrected chi connectivity index (χ0v) is 15.0. The molecule has 0 unspecified atom stereocenters. The zero-order valence-electron chi connectivity index (χ0n) is 15.0. The Labute approximate surface area is 153 Å². The molecular weight excluding hydrogens is 326 g/mol. The minimum atomic E-state index is -1.03. The molecule has 134 valence electrons. The highest BCUT2D eigenvalue weighted by Crippen LogP contribution is 2.46. The van der Waals surface area contributed by atoms with Gasteiger partial charge in [-0.15, -0.1) is 0 Å². The molecule has 4 nitrogen and oxygen atoms in total. The molecule has 0 radical (unpaired) electrons. The second-order valence-electron chi connectivity index (χ2n) is 7.89. The largest absolute Gasteiger partial charge is 0.478 e. The molecule has 4 rings (SSSR count). The molecule has 0 bridgehead atoms. The summed E-state index contributed by atoms with van der Waals surface area (Å²) in [6.07, 6.45) is 8.75. The van der Waals surface area contributed by atoms with Crippen molar-refractivity contribution in [1.82, 2.24) is 4.98 Å². The van der Waals surface area contributed by atoms with Crippen LogP contribution in [0.3, 0.4) is 0 Å². The number of hydrogen-bond donors (Lipinski definition) is 1. The molecule has 2 aliphatic rings. The van der Waals surface area contributed by atoms with Crippen LogP contribution in [0, 0.1) is 0 Å². The maximum absolute atomic E-state index is 12.6. The number of rotatable bonds is 4. The number of hydrogen-bond acceptors (Lipinski definition) is 3. The van der Waals surface area contributed by atoms with Gasteiger partial charge in [-0.3, -0.25) is 9.78 Å². The first-order chi connectivity index (χ1) is 12.5. The molecule has 4 heteroatoms. The second-order valence-corrected chi connectivity index (χ2v) is 7.89. The maximum Gasteiger partial charge on any atom is 0.337 e. The molecule has 26 heavy (non-hydrogen) atoms. The third-order valence-corrected chi connectivity index (χ3v) is 5.98. The molecule has 0 atom stereocenters. The number of carboxylic acids is 1. The molecule has 1 aromatic heterocycles. The lowest BCUT2D eigenvalue weighted by molar-refractivity contribution is 0.0695. The minimum Gasteiger partial charge on any atom is -0.478 e. The van der Waals surface area contributed by atoms with Crippen molar-refractivity contribution in [3.8, 4) is 0 Å². The Kier molecular flexibility index (Phi) is 4.14. The number of carbonyl (C=O) groups excluding carboxylic acids is 1. The molecule has 2 aliphatic carbocycles. The van der Waals surface area contributed by atoms with Crippen LogP contribution in [0.5, 0.6) is 0 Å². The first kappa shape index (κ1) is 17.0. The lowest BCUT2D eigenvalue weighted by Gasteiger charge is -2.41. The van der Waals surface area contributed by atoms with Gasteiger partial charge in [0.25, 0.3) is 0 Å². The third-order valence-electron chi connectivity index (χ3n) is 5.98. The fourth-order valence-electron chi connectivity index (χ4n) is 4.79. The van der Waals surface area contributed by atoms with Gasteiger partial charge in [0.05, 0.1) is 5.56 Å². The maximum atomic E-state index is 12.6. The fraction of sp³-hybridized carbons (Fsp3) is 0.409. The Morgan fingerprint density at radius 1 is 1.12 bits per heavy atom. The highest BCUT2D eigenvalue weighted by molar-refractivity contribution is 5.96. The van der Waals surface area contributed by atoms with Gasteiger partial charge >= 0.3 is 5.97 Å². The number of carboxylic acid groups (broad SMARTS) is 1. The molecule has 0 amide bonds. The molecule has 0 spiro atoms. The first-order valence-corrected chi connectivity index (χ1v) is 9.34. The number of ketones is 1. The Hall–Kier alpha value is -2.49. The molecule has 0 fully saturated rings. The van der Waals surface area contributed by atoms with Crippen molar-refractivity contribution in [2.75, 3.05) is 0 Å². The summed E-state index contributed by atoms with van der Waals surface area (Å²) in [5, 5.41) is 8.94. The van der Waals surface area contributed by atoms with E-state index in [1.807, 2.05) is 0 Å². The Morgan fingerprint density at radius 2 is 1.77 bits per heavy atom. The zero-order chi connectivity index (χ0) is 18.3. The molecule has 0 saturated carbocycles. The molecular formula is C22H23NO3. The quantitative estimate of drug-likeness (QED) is 0.843. The van der Waals surface area contributed by atoms with Crippen LogP contribution < -0.4 is 0 Å². The predicted octanol–water partition coefficient (Wildman–Crippen LogP) is 4.14. The van der Waals surface area contributed by atoms with Gasteiger partial charge in [0.2, 0.25) is 0 Å². The number of nitrogens with zero attached hydrogens (tertiary/aromatic N) is 1. The van der Waals surface area contributed by atoms with Gasteiger partial charge < -0.3 is 5.11 Å². The van der Waals surface area contributed by atoms with E-state index in [-0.39, 0.29) is 11.3 Å². The van der Waals surface area contributed by atoms with Crippen LogP contribution in [-0.4, -0.2) is 21.8 Å². The minimum absolute atomic E-state index is 0.0662. The van der Waals surface area contributed by atoms with E-state index < -0.39 is 5.97 Å². The third kappa shape index (κ3) is 2.94. The van der Waals surface area contributed by atoms with E-state index in [0.29, 0.717) is 17.5 Å². The van der Waals surface area contributed by atoms with Crippen LogP contribution in [0.1, 0.15) is 75.7 Å². The normalized spacial score (nSPS) is 17.4. The topological polar surface area (TPSA) is 67.3 Å². The Balaban J connectivity index is 1.61. The number of benzene rings is 1. The van der Waals surface area contributed by atoms with Crippen LogP contribution in [-0.2, 0) is 24.7 Å². The van der Waals surface area contributed by atoms with Gasteiger partial charge in [-0.05, 0) is 78.3 Å². The van der Waals surface area contributed by atoms with E-state index in [1.54, 1.807) is 5.56 Å². The summed E-state index contributed by atoms with van der Waals surface area (Å²) in [7, 11) is 0. The summed E-state index contributed by atoms with van der Waals surface area (Å²) in [6.45, 7) is 2.40. The van der Waals surface area contributed by atoms with Crippen molar-refractivity contribution in [2.24, 2.45) is 0 Å². The van der Waals surface area contributed by atoms with Gasteiger partial charge in [-0.25, -0.2) is 4.79 Å². The molecule has 1 N–H and O–H groups in total. The first-order valence-electron chi connectivity index (χ1n) is 9.34. The highest BCUT2D eigenvalue weighted by Gasteiger charge is 2.36. The molecule has 1 heterocycles. The van der Waals surface area contributed by atoms with Crippen molar-refractivity contribution in [3.05, 3.63) is 64.0 Å².